The van der Waals surface area contributed by atoms with Crippen LogP contribution in [0.15, 0.2) is 0 Å². The minimum absolute atomic E-state index is 0.631. The molecular formula is C16H32N2O. The van der Waals surface area contributed by atoms with Gasteiger partial charge in [-0.25, -0.2) is 0 Å². The molecule has 5 atom stereocenters. The number of nitrogens with one attached hydrogen (secondary N) is 1. The van der Waals surface area contributed by atoms with Crippen molar-refractivity contribution in [2.24, 2.45) is 11.8 Å². The Balaban J connectivity index is 2.02. The summed E-state index contributed by atoms with van der Waals surface area (Å²) in [6, 6.07) is 1.96. The molecule has 1 saturated heterocycles. The van der Waals surface area contributed by atoms with Crippen LogP contribution < -0.4 is 5.32 Å². The molecule has 3 nitrogen and oxygen atoms in total. The Labute approximate surface area is 119 Å². The van der Waals surface area contributed by atoms with Gasteiger partial charge in [0.1, 0.15) is 0 Å². The van der Waals surface area contributed by atoms with Crippen LogP contribution in [-0.2, 0) is 4.74 Å². The van der Waals surface area contributed by atoms with E-state index in [0.29, 0.717) is 18.1 Å². The van der Waals surface area contributed by atoms with Crippen molar-refractivity contribution in [3.05, 3.63) is 0 Å². The van der Waals surface area contributed by atoms with Crippen LogP contribution in [0.2, 0.25) is 0 Å². The number of ether oxygens (including phenoxy) is 1. The summed E-state index contributed by atoms with van der Waals surface area (Å²) < 4.78 is 5.58. The maximum atomic E-state index is 5.58. The number of nitrogens with zero attached hydrogens (tertiary/aromatic N) is 1. The van der Waals surface area contributed by atoms with Crippen LogP contribution in [0.5, 0.6) is 0 Å². The van der Waals surface area contributed by atoms with Crippen LogP contribution in [0.4, 0.5) is 0 Å². The number of likely N-dealkylation sites (N-methyl/N-ethyl adjacent to an activating group) is 1. The molecular weight excluding hydrogens is 236 g/mol. The van der Waals surface area contributed by atoms with Gasteiger partial charge in [0.2, 0.25) is 0 Å². The molecule has 0 radical (unpaired) electrons. The fourth-order valence-corrected chi connectivity index (χ4v) is 4.15. The average Bonchev–Trinajstić information content (AvgIpc) is 2.88. The first kappa shape index (κ1) is 15.3. The molecule has 0 spiro atoms. The Morgan fingerprint density at radius 3 is 2.68 bits per heavy atom. The second-order valence-corrected chi connectivity index (χ2v) is 6.79. The van der Waals surface area contributed by atoms with Crippen LogP contribution in [0, 0.1) is 11.8 Å². The Kier molecular flexibility index (Phi) is 5.67. The first-order valence-corrected chi connectivity index (χ1v) is 8.16. The SMILES string of the molecule is CCCNC1CC(C)CC(C)C1N(C)C1CCOC1. The molecule has 0 aromatic carbocycles. The lowest BCUT2D eigenvalue weighted by Crippen LogP contribution is -2.58. The van der Waals surface area contributed by atoms with Gasteiger partial charge in [-0.05, 0) is 51.1 Å². The minimum atomic E-state index is 0.631. The molecule has 2 aliphatic rings. The maximum absolute atomic E-state index is 5.58. The average molecular weight is 268 g/mol. The molecule has 0 amide bonds. The molecule has 0 aromatic heterocycles. The lowest BCUT2D eigenvalue weighted by atomic mass is 9.75. The summed E-state index contributed by atoms with van der Waals surface area (Å²) in [5.74, 6) is 1.64. The van der Waals surface area contributed by atoms with Gasteiger partial charge in [-0.15, -0.1) is 0 Å². The van der Waals surface area contributed by atoms with Crippen LogP contribution in [-0.4, -0.2) is 49.8 Å². The van der Waals surface area contributed by atoms with E-state index in [1.165, 1.54) is 25.7 Å². The summed E-state index contributed by atoms with van der Waals surface area (Å²) in [7, 11) is 2.32. The molecule has 1 aliphatic heterocycles. The molecule has 2 rings (SSSR count). The van der Waals surface area contributed by atoms with Gasteiger partial charge in [0.25, 0.3) is 0 Å². The standard InChI is InChI=1S/C16H32N2O/c1-5-7-17-15-10-12(2)9-13(3)16(15)18(4)14-6-8-19-11-14/h12-17H,5-11H2,1-4H3. The fourth-order valence-electron chi connectivity index (χ4n) is 4.15. The first-order valence-electron chi connectivity index (χ1n) is 8.16. The quantitative estimate of drug-likeness (QED) is 0.829. The third-order valence-corrected chi connectivity index (χ3v) is 5.03. The Bertz CT molecular complexity index is 265. The van der Waals surface area contributed by atoms with Gasteiger partial charge in [-0.2, -0.15) is 0 Å². The van der Waals surface area contributed by atoms with Gasteiger partial charge in [-0.1, -0.05) is 20.8 Å². The molecule has 19 heavy (non-hydrogen) atoms. The predicted octanol–water partition coefficient (Wildman–Crippen LogP) is 2.51. The molecule has 2 fully saturated rings. The predicted molar refractivity (Wildman–Crippen MR) is 80.4 cm³/mol. The Hall–Kier alpha value is -0.120. The highest BCUT2D eigenvalue weighted by molar-refractivity contribution is 4.95. The van der Waals surface area contributed by atoms with Gasteiger partial charge in [0.05, 0.1) is 6.61 Å². The second kappa shape index (κ2) is 7.05. The van der Waals surface area contributed by atoms with Crippen molar-refractivity contribution < 1.29 is 4.74 Å². The van der Waals surface area contributed by atoms with E-state index < -0.39 is 0 Å². The van der Waals surface area contributed by atoms with E-state index in [4.69, 9.17) is 4.74 Å². The van der Waals surface area contributed by atoms with Crippen molar-refractivity contribution in [2.45, 2.75) is 64.6 Å². The summed E-state index contributed by atoms with van der Waals surface area (Å²) in [4.78, 5) is 2.62. The van der Waals surface area contributed by atoms with Crippen LogP contribution in [0.1, 0.15) is 46.5 Å². The van der Waals surface area contributed by atoms with Crippen molar-refractivity contribution in [1.82, 2.24) is 10.2 Å². The molecule has 1 saturated carbocycles. The van der Waals surface area contributed by atoms with Crippen molar-refractivity contribution in [3.8, 4) is 0 Å². The van der Waals surface area contributed by atoms with Crippen LogP contribution >= 0.6 is 0 Å². The summed E-state index contributed by atoms with van der Waals surface area (Å²) in [6.45, 7) is 10.1. The van der Waals surface area contributed by atoms with Crippen LogP contribution in [0.3, 0.4) is 0 Å². The van der Waals surface area contributed by atoms with Crippen molar-refractivity contribution in [2.75, 3.05) is 26.8 Å². The summed E-state index contributed by atoms with van der Waals surface area (Å²) in [6.07, 6.45) is 5.12. The van der Waals surface area contributed by atoms with E-state index in [1.54, 1.807) is 0 Å². The van der Waals surface area contributed by atoms with Crippen molar-refractivity contribution in [3.63, 3.8) is 0 Å². The number of hydrogen-bond acceptors (Lipinski definition) is 3. The Morgan fingerprint density at radius 2 is 2.05 bits per heavy atom. The zero-order valence-corrected chi connectivity index (χ0v) is 13.2. The van der Waals surface area contributed by atoms with E-state index in [1.807, 2.05) is 0 Å². The molecule has 1 N–H and O–H groups in total. The fraction of sp³-hybridized carbons (Fsp3) is 1.00. The van der Waals surface area contributed by atoms with Gasteiger partial charge < -0.3 is 10.1 Å². The molecule has 5 unspecified atom stereocenters. The molecule has 0 aromatic rings. The highest BCUT2D eigenvalue weighted by Gasteiger charge is 2.38. The smallest absolute Gasteiger partial charge is 0.0622 e. The molecule has 1 heterocycles. The van der Waals surface area contributed by atoms with E-state index in [9.17, 15) is 0 Å². The zero-order valence-electron chi connectivity index (χ0n) is 13.2. The monoisotopic (exact) mass is 268 g/mol. The normalized spacial score (nSPS) is 39.9. The van der Waals surface area contributed by atoms with Gasteiger partial charge in [0, 0.05) is 24.7 Å². The largest absolute Gasteiger partial charge is 0.380 e. The topological polar surface area (TPSA) is 24.5 Å². The first-order chi connectivity index (χ1) is 9.13. The molecule has 112 valence electrons. The van der Waals surface area contributed by atoms with Gasteiger partial charge in [-0.3, -0.25) is 4.90 Å². The third kappa shape index (κ3) is 3.71. The third-order valence-electron chi connectivity index (χ3n) is 5.03. The minimum Gasteiger partial charge on any atom is -0.380 e. The zero-order chi connectivity index (χ0) is 13.8. The van der Waals surface area contributed by atoms with E-state index in [-0.39, 0.29) is 0 Å². The summed E-state index contributed by atoms with van der Waals surface area (Å²) in [5.41, 5.74) is 0. The second-order valence-electron chi connectivity index (χ2n) is 6.79. The lowest BCUT2D eigenvalue weighted by molar-refractivity contribution is 0.0451. The number of hydrogen-bond donors (Lipinski definition) is 1. The molecule has 3 heteroatoms. The Morgan fingerprint density at radius 1 is 1.26 bits per heavy atom. The number of rotatable bonds is 5. The van der Waals surface area contributed by atoms with Crippen molar-refractivity contribution >= 4 is 0 Å². The van der Waals surface area contributed by atoms with E-state index in [0.717, 1.165) is 31.6 Å². The summed E-state index contributed by atoms with van der Waals surface area (Å²) >= 11 is 0. The lowest BCUT2D eigenvalue weighted by Gasteiger charge is -2.46. The molecule has 0 bridgehead atoms. The van der Waals surface area contributed by atoms with Crippen LogP contribution in [0.25, 0.3) is 0 Å². The molecule has 1 aliphatic carbocycles. The highest BCUT2D eigenvalue weighted by atomic mass is 16.5. The maximum Gasteiger partial charge on any atom is 0.0622 e. The van der Waals surface area contributed by atoms with Gasteiger partial charge in [0.15, 0.2) is 0 Å². The van der Waals surface area contributed by atoms with Gasteiger partial charge >= 0.3 is 0 Å². The van der Waals surface area contributed by atoms with E-state index >= 15 is 0 Å². The summed E-state index contributed by atoms with van der Waals surface area (Å²) in [5, 5.41) is 3.80. The van der Waals surface area contributed by atoms with Crippen molar-refractivity contribution in [1.29, 1.82) is 0 Å². The van der Waals surface area contributed by atoms with E-state index in [2.05, 4.69) is 38.0 Å². The highest BCUT2D eigenvalue weighted by Crippen LogP contribution is 2.33.